The lowest BCUT2D eigenvalue weighted by Gasteiger charge is -2.29. The van der Waals surface area contributed by atoms with Crippen molar-refractivity contribution in [2.24, 2.45) is 0 Å². The lowest BCUT2D eigenvalue weighted by Crippen LogP contribution is -2.40. The van der Waals surface area contributed by atoms with Crippen LogP contribution in [0, 0.1) is 6.92 Å². The van der Waals surface area contributed by atoms with E-state index in [-0.39, 0.29) is 38.1 Å². The summed E-state index contributed by atoms with van der Waals surface area (Å²) >= 11 is 0. The molecule has 0 N–H and O–H groups in total. The molecule has 0 spiro atoms. The Hall–Kier alpha value is -3.02. The van der Waals surface area contributed by atoms with Crippen molar-refractivity contribution < 1.29 is 23.8 Å². The number of esters is 1. The second-order valence-corrected chi connectivity index (χ2v) is 6.03. The van der Waals surface area contributed by atoms with E-state index in [9.17, 15) is 9.59 Å². The summed E-state index contributed by atoms with van der Waals surface area (Å²) in [5.41, 5.74) is 2.55. The number of ether oxygens (including phenoxy) is 3. The fourth-order valence-corrected chi connectivity index (χ4v) is 2.85. The molecule has 2 aromatic carbocycles. The fourth-order valence-electron chi connectivity index (χ4n) is 2.85. The molecule has 136 valence electrons. The number of carbonyl (C=O) groups excluding carboxylic acids is 2. The molecule has 6 heteroatoms. The van der Waals surface area contributed by atoms with Crippen molar-refractivity contribution in [3.63, 3.8) is 0 Å². The SMILES string of the molecule is COc1ccc(C)cc1COC(=O)CCN1C(=O)COc2ccccc21. The summed E-state index contributed by atoms with van der Waals surface area (Å²) < 4.78 is 16.0. The van der Waals surface area contributed by atoms with Gasteiger partial charge in [-0.15, -0.1) is 0 Å². The second kappa shape index (κ2) is 7.91. The number of methoxy groups -OCH3 is 1. The van der Waals surface area contributed by atoms with Gasteiger partial charge in [-0.05, 0) is 31.2 Å². The summed E-state index contributed by atoms with van der Waals surface area (Å²) in [6, 6.07) is 13.0. The summed E-state index contributed by atoms with van der Waals surface area (Å²) in [4.78, 5) is 25.8. The van der Waals surface area contributed by atoms with Crippen molar-refractivity contribution >= 4 is 17.6 Å². The van der Waals surface area contributed by atoms with Gasteiger partial charge in [-0.1, -0.05) is 23.8 Å². The fraction of sp³-hybridized carbons (Fsp3) is 0.300. The highest BCUT2D eigenvalue weighted by molar-refractivity contribution is 5.98. The average molecular weight is 355 g/mol. The molecule has 3 rings (SSSR count). The van der Waals surface area contributed by atoms with Gasteiger partial charge in [0.1, 0.15) is 18.1 Å². The molecule has 0 fully saturated rings. The molecule has 2 aromatic rings. The number of anilines is 1. The predicted octanol–water partition coefficient (Wildman–Crippen LogP) is 2.86. The first-order chi connectivity index (χ1) is 12.6. The van der Waals surface area contributed by atoms with E-state index in [1.54, 1.807) is 24.1 Å². The van der Waals surface area contributed by atoms with Gasteiger partial charge in [0.15, 0.2) is 6.61 Å². The minimum atomic E-state index is -0.370. The first-order valence-corrected chi connectivity index (χ1v) is 8.40. The van der Waals surface area contributed by atoms with Crippen molar-refractivity contribution in [2.75, 3.05) is 25.2 Å². The van der Waals surface area contributed by atoms with Crippen LogP contribution < -0.4 is 14.4 Å². The van der Waals surface area contributed by atoms with Crippen LogP contribution in [-0.4, -0.2) is 32.1 Å². The van der Waals surface area contributed by atoms with E-state index < -0.39 is 0 Å². The number of fused-ring (bicyclic) bond motifs is 1. The van der Waals surface area contributed by atoms with Gasteiger partial charge in [0, 0.05) is 12.1 Å². The number of rotatable bonds is 6. The molecule has 0 unspecified atom stereocenters. The Balaban J connectivity index is 1.58. The molecular formula is C20H21NO5. The monoisotopic (exact) mass is 355 g/mol. The average Bonchev–Trinajstić information content (AvgIpc) is 2.65. The quantitative estimate of drug-likeness (QED) is 0.746. The van der Waals surface area contributed by atoms with Gasteiger partial charge in [0.2, 0.25) is 0 Å². The Morgan fingerprint density at radius 2 is 2.04 bits per heavy atom. The van der Waals surface area contributed by atoms with Crippen molar-refractivity contribution in [3.8, 4) is 11.5 Å². The summed E-state index contributed by atoms with van der Waals surface area (Å²) in [6.07, 6.45) is 0.105. The Labute approximate surface area is 152 Å². The Bertz CT molecular complexity index is 818. The maximum atomic E-state index is 12.1. The van der Waals surface area contributed by atoms with E-state index >= 15 is 0 Å². The van der Waals surface area contributed by atoms with E-state index in [1.165, 1.54) is 0 Å². The Morgan fingerprint density at radius 1 is 1.23 bits per heavy atom. The maximum absolute atomic E-state index is 12.1. The minimum absolute atomic E-state index is 0.0213. The van der Waals surface area contributed by atoms with Crippen LogP contribution in [0.15, 0.2) is 42.5 Å². The number of amides is 1. The molecule has 0 bridgehead atoms. The Morgan fingerprint density at radius 3 is 2.85 bits per heavy atom. The summed E-state index contributed by atoms with van der Waals surface area (Å²) in [5.74, 6) is 0.785. The number of benzene rings is 2. The number of para-hydroxylation sites is 2. The van der Waals surface area contributed by atoms with Gasteiger partial charge in [-0.25, -0.2) is 0 Å². The molecule has 1 amide bonds. The molecule has 1 aliphatic rings. The maximum Gasteiger partial charge on any atom is 0.307 e. The predicted molar refractivity (Wildman–Crippen MR) is 96.4 cm³/mol. The molecule has 0 radical (unpaired) electrons. The summed E-state index contributed by atoms with van der Waals surface area (Å²) in [6.45, 7) is 2.33. The van der Waals surface area contributed by atoms with Crippen LogP contribution in [0.5, 0.6) is 11.5 Å². The molecule has 0 aromatic heterocycles. The van der Waals surface area contributed by atoms with E-state index in [0.717, 1.165) is 11.1 Å². The van der Waals surface area contributed by atoms with Gasteiger partial charge in [-0.3, -0.25) is 9.59 Å². The molecule has 1 aliphatic heterocycles. The molecule has 26 heavy (non-hydrogen) atoms. The Kier molecular flexibility index (Phi) is 5.41. The van der Waals surface area contributed by atoms with Crippen LogP contribution in [0.3, 0.4) is 0 Å². The topological polar surface area (TPSA) is 65.1 Å². The minimum Gasteiger partial charge on any atom is -0.496 e. The molecule has 0 saturated heterocycles. The van der Waals surface area contributed by atoms with E-state index in [2.05, 4.69) is 0 Å². The highest BCUT2D eigenvalue weighted by Crippen LogP contribution is 2.31. The summed E-state index contributed by atoms with van der Waals surface area (Å²) in [7, 11) is 1.58. The van der Waals surface area contributed by atoms with E-state index in [1.807, 2.05) is 37.3 Å². The van der Waals surface area contributed by atoms with Crippen LogP contribution in [0.2, 0.25) is 0 Å². The normalized spacial score (nSPS) is 13.0. The number of nitrogens with zero attached hydrogens (tertiary/aromatic N) is 1. The first-order valence-electron chi connectivity index (χ1n) is 8.40. The van der Waals surface area contributed by atoms with E-state index in [0.29, 0.717) is 17.2 Å². The third-order valence-corrected chi connectivity index (χ3v) is 4.17. The highest BCUT2D eigenvalue weighted by Gasteiger charge is 2.25. The molecular weight excluding hydrogens is 334 g/mol. The summed E-state index contributed by atoms with van der Waals surface area (Å²) in [5, 5.41) is 0. The zero-order valence-electron chi connectivity index (χ0n) is 14.9. The van der Waals surface area contributed by atoms with Crippen LogP contribution in [0.25, 0.3) is 0 Å². The molecule has 0 saturated carbocycles. The zero-order valence-corrected chi connectivity index (χ0v) is 14.9. The van der Waals surface area contributed by atoms with Gasteiger partial charge in [0.25, 0.3) is 5.91 Å². The number of hydrogen-bond acceptors (Lipinski definition) is 5. The smallest absolute Gasteiger partial charge is 0.307 e. The molecule has 6 nitrogen and oxygen atoms in total. The lowest BCUT2D eigenvalue weighted by molar-refractivity contribution is -0.144. The van der Waals surface area contributed by atoms with E-state index in [4.69, 9.17) is 14.2 Å². The van der Waals surface area contributed by atoms with Crippen LogP contribution >= 0.6 is 0 Å². The zero-order chi connectivity index (χ0) is 18.5. The van der Waals surface area contributed by atoms with Gasteiger partial charge < -0.3 is 19.1 Å². The standard InChI is InChI=1S/C20H21NO5/c1-14-7-8-17(24-2)15(11-14)12-26-20(23)9-10-21-16-5-3-4-6-18(16)25-13-19(21)22/h3-8,11H,9-10,12-13H2,1-2H3. The largest absolute Gasteiger partial charge is 0.496 e. The van der Waals surface area contributed by atoms with Crippen molar-refractivity contribution in [2.45, 2.75) is 20.0 Å². The number of carbonyl (C=O) groups is 2. The van der Waals surface area contributed by atoms with Gasteiger partial charge in [0.05, 0.1) is 19.2 Å². The number of aryl methyl sites for hydroxylation is 1. The third kappa shape index (κ3) is 3.96. The van der Waals surface area contributed by atoms with Crippen molar-refractivity contribution in [1.82, 2.24) is 0 Å². The molecule has 0 aliphatic carbocycles. The first kappa shape index (κ1) is 17.8. The number of hydrogen-bond donors (Lipinski definition) is 0. The van der Waals surface area contributed by atoms with Crippen LogP contribution in [-0.2, 0) is 20.9 Å². The third-order valence-electron chi connectivity index (χ3n) is 4.17. The van der Waals surface area contributed by atoms with Crippen molar-refractivity contribution in [3.05, 3.63) is 53.6 Å². The highest BCUT2D eigenvalue weighted by atomic mass is 16.5. The van der Waals surface area contributed by atoms with Gasteiger partial charge >= 0.3 is 5.97 Å². The van der Waals surface area contributed by atoms with Crippen LogP contribution in [0.4, 0.5) is 5.69 Å². The second-order valence-electron chi connectivity index (χ2n) is 6.03. The van der Waals surface area contributed by atoms with Crippen molar-refractivity contribution in [1.29, 1.82) is 0 Å². The molecule has 0 atom stereocenters. The van der Waals surface area contributed by atoms with Gasteiger partial charge in [-0.2, -0.15) is 0 Å². The van der Waals surface area contributed by atoms with Crippen LogP contribution in [0.1, 0.15) is 17.5 Å². The molecule has 1 heterocycles. The lowest BCUT2D eigenvalue weighted by atomic mass is 10.1.